The van der Waals surface area contributed by atoms with E-state index in [2.05, 4.69) is 123 Å². The first-order valence-corrected chi connectivity index (χ1v) is 38.1. The number of hydrogen-bond acceptors (Lipinski definition) is 7. The van der Waals surface area contributed by atoms with Crippen molar-refractivity contribution in [2.45, 2.75) is 347 Å². The molecule has 2 atom stereocenters. The monoisotopic (exact) mass is 1270 g/mol. The Kier molecular flexibility index (Phi) is 68.6. The van der Waals surface area contributed by atoms with E-state index in [1.165, 1.54) is 218 Å². The standard InChI is InChI=1S/C82H143NO8/c1-6-8-10-12-14-16-18-20-22-24-26-28-30-32-33-34-35-36-37-38-39-40-41-42-43-44-45-46-47-49-51-53-55-57-59-61-63-65-67-69-71-73-80(85)91-78(77-90-82(81(86)87)88-75-74-83(3,4)5)76-89-79(84)72-70-68-66-64-62-60-58-56-54-52-50-48-31-29-27-25-23-21-19-17-15-13-11-9-7-2/h8,10,14,16,19-22,25-28,32-33,35-36,38-39,78,82H,6-7,9,11-13,15,17-18,23-24,29-31,34,37,40-77H2,1-5H3/p+1/b10-8-,16-14-,21-19-,22-20-,27-25-,28-26-,33-32-,36-35-,39-38-. The van der Waals surface area contributed by atoms with Crippen LogP contribution < -0.4 is 0 Å². The number of ether oxygens (including phenoxy) is 4. The van der Waals surface area contributed by atoms with E-state index in [1.807, 2.05) is 21.1 Å². The van der Waals surface area contributed by atoms with Crippen LogP contribution >= 0.6 is 0 Å². The van der Waals surface area contributed by atoms with E-state index in [-0.39, 0.29) is 32.2 Å². The molecule has 0 saturated heterocycles. The molecular formula is C82H144NO8+. The maximum Gasteiger partial charge on any atom is 0.361 e. The summed E-state index contributed by atoms with van der Waals surface area (Å²) in [5.41, 5.74) is 0. The van der Waals surface area contributed by atoms with Crippen LogP contribution in [0, 0.1) is 0 Å². The summed E-state index contributed by atoms with van der Waals surface area (Å²) in [5, 5.41) is 9.76. The topological polar surface area (TPSA) is 108 Å². The molecule has 0 amide bonds. The van der Waals surface area contributed by atoms with Gasteiger partial charge in [0.05, 0.1) is 34.4 Å². The van der Waals surface area contributed by atoms with Crippen LogP contribution in [-0.4, -0.2) is 87.4 Å². The number of aliphatic carboxylic acids is 1. The highest BCUT2D eigenvalue weighted by molar-refractivity contribution is 5.71. The van der Waals surface area contributed by atoms with Crippen LogP contribution in [0.3, 0.4) is 0 Å². The molecule has 0 aromatic rings. The van der Waals surface area contributed by atoms with Gasteiger partial charge in [-0.3, -0.25) is 9.59 Å². The summed E-state index contributed by atoms with van der Waals surface area (Å²) < 4.78 is 23.0. The molecule has 0 aliphatic rings. The summed E-state index contributed by atoms with van der Waals surface area (Å²) in [6.07, 6.45) is 97.9. The van der Waals surface area contributed by atoms with Crippen molar-refractivity contribution in [1.82, 2.24) is 0 Å². The summed E-state index contributed by atoms with van der Waals surface area (Å²) in [4.78, 5) is 37.7. The molecule has 0 aromatic heterocycles. The Labute approximate surface area is 562 Å². The summed E-state index contributed by atoms with van der Waals surface area (Å²) in [6, 6.07) is 0. The summed E-state index contributed by atoms with van der Waals surface area (Å²) in [5.74, 6) is -1.99. The summed E-state index contributed by atoms with van der Waals surface area (Å²) in [7, 11) is 5.99. The SMILES string of the molecule is CC/C=C\C/C=C\C/C=C\C/C=C\C/C=C\C/C=C\C/C=C\CCCCCCCCCCCCCCCCCCCCCC(=O)OC(COC(=O)CCCCCCCCCCCCCCC/C=C\C/C=C\CCCCCCC)COC(OCC[N+](C)(C)C)C(=O)O. The Morgan fingerprint density at radius 2 is 0.626 bits per heavy atom. The second kappa shape index (κ2) is 71.8. The van der Waals surface area contributed by atoms with Gasteiger partial charge in [0.25, 0.3) is 6.29 Å². The summed E-state index contributed by atoms with van der Waals surface area (Å²) in [6.45, 7) is 4.79. The average molecular weight is 1270 g/mol. The van der Waals surface area contributed by atoms with Crippen molar-refractivity contribution >= 4 is 17.9 Å². The normalized spacial score (nSPS) is 13.3. The zero-order chi connectivity index (χ0) is 66.1. The number of esters is 2. The van der Waals surface area contributed by atoms with E-state index in [9.17, 15) is 19.5 Å². The van der Waals surface area contributed by atoms with Crippen LogP contribution in [0.4, 0.5) is 0 Å². The average Bonchev–Trinajstić information content (AvgIpc) is 3.53. The lowest BCUT2D eigenvalue weighted by atomic mass is 10.0. The third-order valence-electron chi connectivity index (χ3n) is 16.5. The van der Waals surface area contributed by atoms with Crippen molar-refractivity contribution in [3.8, 4) is 0 Å². The van der Waals surface area contributed by atoms with Gasteiger partial charge in [-0.15, -0.1) is 0 Å². The minimum Gasteiger partial charge on any atom is -0.477 e. The molecule has 1 N–H and O–H groups in total. The van der Waals surface area contributed by atoms with Gasteiger partial charge in [0.2, 0.25) is 0 Å². The molecule has 91 heavy (non-hydrogen) atoms. The van der Waals surface area contributed by atoms with Crippen molar-refractivity contribution in [3.63, 3.8) is 0 Å². The molecule has 0 spiro atoms. The third kappa shape index (κ3) is 73.2. The lowest BCUT2D eigenvalue weighted by Gasteiger charge is -2.25. The molecular weight excluding hydrogens is 1130 g/mol. The molecule has 0 aliphatic carbocycles. The number of hydrogen-bond donors (Lipinski definition) is 1. The molecule has 0 aromatic carbocycles. The number of carboxylic acids is 1. The molecule has 0 rings (SSSR count). The van der Waals surface area contributed by atoms with Crippen LogP contribution in [0.5, 0.6) is 0 Å². The number of carboxylic acid groups (broad SMARTS) is 1. The van der Waals surface area contributed by atoms with Gasteiger partial charge in [-0.1, -0.05) is 329 Å². The van der Waals surface area contributed by atoms with Crippen molar-refractivity contribution < 1.29 is 42.9 Å². The van der Waals surface area contributed by atoms with Gasteiger partial charge < -0.3 is 28.5 Å². The van der Waals surface area contributed by atoms with Crippen LogP contribution in [0.2, 0.25) is 0 Å². The van der Waals surface area contributed by atoms with E-state index in [4.69, 9.17) is 18.9 Å². The van der Waals surface area contributed by atoms with E-state index in [1.54, 1.807) is 0 Å². The maximum absolute atomic E-state index is 13.0. The fourth-order valence-electron chi connectivity index (χ4n) is 10.7. The molecule has 9 heteroatoms. The number of carbonyl (C=O) groups is 3. The fraction of sp³-hybridized carbons (Fsp3) is 0.744. The van der Waals surface area contributed by atoms with Crippen LogP contribution in [0.1, 0.15) is 335 Å². The molecule has 524 valence electrons. The van der Waals surface area contributed by atoms with Crippen LogP contribution in [-0.2, 0) is 33.3 Å². The lowest BCUT2D eigenvalue weighted by molar-refractivity contribution is -0.870. The Bertz CT molecular complexity index is 1870. The minimum absolute atomic E-state index is 0.182. The minimum atomic E-state index is -1.51. The highest BCUT2D eigenvalue weighted by Crippen LogP contribution is 2.18. The largest absolute Gasteiger partial charge is 0.477 e. The van der Waals surface area contributed by atoms with E-state index in [0.29, 0.717) is 17.4 Å². The van der Waals surface area contributed by atoms with Gasteiger partial charge >= 0.3 is 17.9 Å². The number of rotatable bonds is 70. The molecule has 9 nitrogen and oxygen atoms in total. The molecule has 2 unspecified atom stereocenters. The highest BCUT2D eigenvalue weighted by atomic mass is 16.7. The molecule has 0 radical (unpaired) electrons. The van der Waals surface area contributed by atoms with E-state index >= 15 is 0 Å². The van der Waals surface area contributed by atoms with Gasteiger partial charge in [-0.2, -0.15) is 0 Å². The number of carbonyl (C=O) groups excluding carboxylic acids is 2. The number of allylic oxidation sites excluding steroid dienone is 18. The molecule has 0 fully saturated rings. The lowest BCUT2D eigenvalue weighted by Crippen LogP contribution is -2.40. The predicted molar refractivity (Wildman–Crippen MR) is 392 cm³/mol. The first-order chi connectivity index (χ1) is 44.6. The Morgan fingerprint density at radius 1 is 0.341 bits per heavy atom. The van der Waals surface area contributed by atoms with Gasteiger partial charge in [-0.25, -0.2) is 4.79 Å². The van der Waals surface area contributed by atoms with Crippen molar-refractivity contribution in [3.05, 3.63) is 109 Å². The predicted octanol–water partition coefficient (Wildman–Crippen LogP) is 24.1. The zero-order valence-electron chi connectivity index (χ0n) is 60.0. The first kappa shape index (κ1) is 87.0. The maximum atomic E-state index is 13.0. The van der Waals surface area contributed by atoms with Crippen molar-refractivity contribution in [2.24, 2.45) is 0 Å². The van der Waals surface area contributed by atoms with Gasteiger partial charge in [0.15, 0.2) is 6.10 Å². The van der Waals surface area contributed by atoms with Crippen LogP contribution in [0.15, 0.2) is 109 Å². The molecule has 0 saturated carbocycles. The molecule has 0 aliphatic heterocycles. The first-order valence-electron chi connectivity index (χ1n) is 38.1. The summed E-state index contributed by atoms with van der Waals surface area (Å²) >= 11 is 0. The molecule has 0 heterocycles. The smallest absolute Gasteiger partial charge is 0.361 e. The Balaban J connectivity index is 4.02. The van der Waals surface area contributed by atoms with Crippen molar-refractivity contribution in [1.29, 1.82) is 0 Å². The quantitative estimate of drug-likeness (QED) is 0.0211. The number of quaternary nitrogens is 1. The van der Waals surface area contributed by atoms with Gasteiger partial charge in [-0.05, 0) is 103 Å². The third-order valence-corrected chi connectivity index (χ3v) is 16.5. The second-order valence-electron chi connectivity index (χ2n) is 26.6. The van der Waals surface area contributed by atoms with Gasteiger partial charge in [0.1, 0.15) is 13.2 Å². The number of likely N-dealkylation sites (N-methyl/N-ethyl adjacent to an activating group) is 1. The number of unbranched alkanes of at least 4 members (excludes halogenated alkanes) is 37. The van der Waals surface area contributed by atoms with E-state index < -0.39 is 24.3 Å². The Morgan fingerprint density at radius 3 is 0.934 bits per heavy atom. The highest BCUT2D eigenvalue weighted by Gasteiger charge is 2.25. The fourth-order valence-corrected chi connectivity index (χ4v) is 10.7. The van der Waals surface area contributed by atoms with E-state index in [0.717, 1.165) is 89.9 Å². The van der Waals surface area contributed by atoms with Gasteiger partial charge in [0, 0.05) is 12.8 Å². The molecule has 0 bridgehead atoms. The number of nitrogens with zero attached hydrogens (tertiary/aromatic N) is 1. The zero-order valence-corrected chi connectivity index (χ0v) is 60.0. The second-order valence-corrected chi connectivity index (χ2v) is 26.6. The Hall–Kier alpha value is -4.05. The van der Waals surface area contributed by atoms with Crippen LogP contribution in [0.25, 0.3) is 0 Å². The van der Waals surface area contributed by atoms with Crippen molar-refractivity contribution in [2.75, 3.05) is 47.5 Å².